The second-order valence-electron chi connectivity index (χ2n) is 14.7. The van der Waals surface area contributed by atoms with Gasteiger partial charge < -0.3 is 0 Å². The van der Waals surface area contributed by atoms with Gasteiger partial charge in [-0.2, -0.15) is 0 Å². The summed E-state index contributed by atoms with van der Waals surface area (Å²) in [6.07, 6.45) is 0.893. The quantitative estimate of drug-likeness (QED) is 0.171. The Labute approximate surface area is 310 Å². The average molecular weight is 673 g/mol. The fraction of sp³-hybridized carbons (Fsp3) is 0.0566. The van der Waals surface area contributed by atoms with Crippen LogP contribution in [0.1, 0.15) is 44.9 Å². The van der Waals surface area contributed by atoms with E-state index in [9.17, 15) is 0 Å². The van der Waals surface area contributed by atoms with E-state index in [4.69, 9.17) is 0 Å². The molecule has 0 amide bonds. The van der Waals surface area contributed by atoms with Gasteiger partial charge in [-0.1, -0.05) is 200 Å². The van der Waals surface area contributed by atoms with Crippen LogP contribution in [-0.2, 0) is 11.8 Å². The normalized spacial score (nSPS) is 13.8. The second kappa shape index (κ2) is 11.8. The topological polar surface area (TPSA) is 0 Å². The van der Waals surface area contributed by atoms with Gasteiger partial charge in [0.25, 0.3) is 0 Å². The van der Waals surface area contributed by atoms with Crippen LogP contribution in [-0.4, -0.2) is 0 Å². The Kier molecular flexibility index (Phi) is 6.70. The maximum Gasteiger partial charge on any atom is 0.0725 e. The van der Waals surface area contributed by atoms with Crippen LogP contribution in [0, 0.1) is 0 Å². The van der Waals surface area contributed by atoms with Crippen LogP contribution >= 0.6 is 0 Å². The number of fused-ring (bicyclic) bond motifs is 12. The van der Waals surface area contributed by atoms with Crippen molar-refractivity contribution in [1.82, 2.24) is 0 Å². The summed E-state index contributed by atoms with van der Waals surface area (Å²) in [6.45, 7) is 0. The number of hydrogen-bond acceptors (Lipinski definition) is 0. The SMILES string of the molecule is c1ccc2c(c1)-c1ccccc1C21c2ccccc2-c2ccc(CC(c3ccc(-c4cccc5ccccc45)cc3)c3cccc4ccccc34)cc21. The lowest BCUT2D eigenvalue weighted by Crippen LogP contribution is -2.26. The lowest BCUT2D eigenvalue weighted by molar-refractivity contribution is 0.779. The summed E-state index contributed by atoms with van der Waals surface area (Å²) in [5.41, 5.74) is 17.2. The molecule has 248 valence electrons. The van der Waals surface area contributed by atoms with Crippen molar-refractivity contribution in [2.45, 2.75) is 17.8 Å². The monoisotopic (exact) mass is 672 g/mol. The molecule has 0 nitrogen and oxygen atoms in total. The molecule has 0 bridgehead atoms. The highest BCUT2D eigenvalue weighted by atomic mass is 14.5. The predicted molar refractivity (Wildman–Crippen MR) is 222 cm³/mol. The molecule has 53 heavy (non-hydrogen) atoms. The molecular weight excluding hydrogens is 637 g/mol. The molecule has 0 N–H and O–H groups in total. The van der Waals surface area contributed by atoms with Gasteiger partial charge in [0, 0.05) is 5.92 Å². The van der Waals surface area contributed by atoms with Crippen LogP contribution in [0.2, 0.25) is 0 Å². The van der Waals surface area contributed by atoms with Gasteiger partial charge in [-0.05, 0) is 100 Å². The molecule has 1 atom stereocenters. The van der Waals surface area contributed by atoms with E-state index in [1.807, 2.05) is 0 Å². The molecule has 1 spiro atoms. The Hall–Kier alpha value is -6.50. The third-order valence-corrected chi connectivity index (χ3v) is 12.1. The van der Waals surface area contributed by atoms with E-state index in [0.717, 1.165) is 6.42 Å². The third kappa shape index (κ3) is 4.42. The Balaban J connectivity index is 1.08. The molecule has 0 heterocycles. The van der Waals surface area contributed by atoms with E-state index in [1.165, 1.54) is 93.9 Å². The fourth-order valence-corrected chi connectivity index (χ4v) is 9.84. The summed E-state index contributed by atoms with van der Waals surface area (Å²) in [7, 11) is 0. The van der Waals surface area contributed by atoms with Crippen molar-refractivity contribution in [3.8, 4) is 33.4 Å². The summed E-state index contributed by atoms with van der Waals surface area (Å²) < 4.78 is 0. The van der Waals surface area contributed by atoms with Gasteiger partial charge in [-0.15, -0.1) is 0 Å². The molecule has 0 radical (unpaired) electrons. The van der Waals surface area contributed by atoms with Gasteiger partial charge in [0.05, 0.1) is 5.41 Å². The van der Waals surface area contributed by atoms with Gasteiger partial charge >= 0.3 is 0 Å². The first kappa shape index (κ1) is 30.2. The highest BCUT2D eigenvalue weighted by molar-refractivity contribution is 5.97. The van der Waals surface area contributed by atoms with Crippen LogP contribution in [0.3, 0.4) is 0 Å². The van der Waals surface area contributed by atoms with E-state index in [0.29, 0.717) is 0 Å². The minimum absolute atomic E-state index is 0.170. The zero-order valence-corrected chi connectivity index (χ0v) is 29.3. The lowest BCUT2D eigenvalue weighted by atomic mass is 9.70. The second-order valence-corrected chi connectivity index (χ2v) is 14.7. The van der Waals surface area contributed by atoms with Crippen molar-refractivity contribution in [3.63, 3.8) is 0 Å². The Morgan fingerprint density at radius 1 is 0.358 bits per heavy atom. The molecule has 1 unspecified atom stereocenters. The molecule has 9 aromatic carbocycles. The zero-order valence-electron chi connectivity index (χ0n) is 29.3. The van der Waals surface area contributed by atoms with Crippen molar-refractivity contribution in [1.29, 1.82) is 0 Å². The van der Waals surface area contributed by atoms with Crippen molar-refractivity contribution in [2.75, 3.05) is 0 Å². The third-order valence-electron chi connectivity index (χ3n) is 12.1. The Morgan fingerprint density at radius 3 is 1.51 bits per heavy atom. The zero-order chi connectivity index (χ0) is 34.9. The van der Waals surface area contributed by atoms with Gasteiger partial charge in [0.15, 0.2) is 0 Å². The van der Waals surface area contributed by atoms with Crippen molar-refractivity contribution >= 4 is 21.5 Å². The minimum Gasteiger partial charge on any atom is -0.0619 e. The summed E-state index contributed by atoms with van der Waals surface area (Å²) in [5, 5.41) is 5.16. The molecule has 2 aliphatic carbocycles. The van der Waals surface area contributed by atoms with Crippen molar-refractivity contribution in [2.24, 2.45) is 0 Å². The van der Waals surface area contributed by atoms with E-state index in [2.05, 4.69) is 200 Å². The van der Waals surface area contributed by atoms with Gasteiger partial charge in [-0.3, -0.25) is 0 Å². The first-order valence-corrected chi connectivity index (χ1v) is 18.8. The molecule has 0 saturated heterocycles. The van der Waals surface area contributed by atoms with Gasteiger partial charge in [0.2, 0.25) is 0 Å². The van der Waals surface area contributed by atoms with E-state index in [-0.39, 0.29) is 11.3 Å². The molecule has 0 fully saturated rings. The smallest absolute Gasteiger partial charge is 0.0619 e. The molecule has 0 heteroatoms. The molecule has 9 aromatic rings. The maximum absolute atomic E-state index is 2.55. The number of benzene rings is 9. The highest BCUT2D eigenvalue weighted by Gasteiger charge is 2.51. The Bertz CT molecular complexity index is 2800. The predicted octanol–water partition coefficient (Wildman–Crippen LogP) is 13.4. The van der Waals surface area contributed by atoms with E-state index < -0.39 is 0 Å². The lowest BCUT2D eigenvalue weighted by Gasteiger charge is -2.31. The molecule has 11 rings (SSSR count). The summed E-state index contributed by atoms with van der Waals surface area (Å²) in [4.78, 5) is 0. The fourth-order valence-electron chi connectivity index (χ4n) is 9.84. The van der Waals surface area contributed by atoms with Crippen molar-refractivity contribution < 1.29 is 0 Å². The summed E-state index contributed by atoms with van der Waals surface area (Å²) in [6, 6.07) is 75.0. The first-order chi connectivity index (χ1) is 26.3. The molecule has 2 aliphatic rings. The summed E-state index contributed by atoms with van der Waals surface area (Å²) in [5.74, 6) is 0.170. The van der Waals surface area contributed by atoms with Gasteiger partial charge in [-0.25, -0.2) is 0 Å². The summed E-state index contributed by atoms with van der Waals surface area (Å²) >= 11 is 0. The number of rotatable bonds is 5. The first-order valence-electron chi connectivity index (χ1n) is 18.8. The van der Waals surface area contributed by atoms with Gasteiger partial charge in [0.1, 0.15) is 0 Å². The molecule has 0 aromatic heterocycles. The van der Waals surface area contributed by atoms with Crippen molar-refractivity contribution in [3.05, 3.63) is 239 Å². The highest BCUT2D eigenvalue weighted by Crippen LogP contribution is 2.62. The number of hydrogen-bond donors (Lipinski definition) is 0. The van der Waals surface area contributed by atoms with E-state index in [1.54, 1.807) is 0 Å². The minimum atomic E-state index is -0.343. The van der Waals surface area contributed by atoms with Crippen LogP contribution in [0.5, 0.6) is 0 Å². The molecule has 0 saturated carbocycles. The largest absolute Gasteiger partial charge is 0.0725 e. The molecule has 0 aliphatic heterocycles. The van der Waals surface area contributed by atoms with E-state index >= 15 is 0 Å². The van der Waals surface area contributed by atoms with Crippen LogP contribution in [0.15, 0.2) is 200 Å². The molecular formula is C53H36. The average Bonchev–Trinajstić information content (AvgIpc) is 3.70. The Morgan fingerprint density at radius 2 is 0.849 bits per heavy atom. The van der Waals surface area contributed by atoms with Crippen LogP contribution in [0.4, 0.5) is 0 Å². The van der Waals surface area contributed by atoms with Crippen LogP contribution < -0.4 is 0 Å². The van der Waals surface area contributed by atoms with Crippen LogP contribution in [0.25, 0.3) is 54.9 Å². The maximum atomic E-state index is 2.55. The standard InChI is InChI=1S/C53H36/c1-3-17-40-36(13-1)15-11-22-41(40)38-28-30-39(31-29-38)48(43-23-12-16-37-14-2-4-18-42(37)43)33-35-27-32-47-46-21-7-10-26-51(46)53(52(47)34-35)49-24-8-5-19-44(49)45-20-6-9-25-50(45)53/h1-32,34,48H,33H2.